The molecule has 0 aromatic carbocycles. The van der Waals surface area contributed by atoms with Gasteiger partial charge in [0.15, 0.2) is 6.10 Å². The van der Waals surface area contributed by atoms with Crippen LogP contribution in [0.5, 0.6) is 5.75 Å². The van der Waals surface area contributed by atoms with Crippen LogP contribution >= 0.6 is 0 Å². The highest BCUT2D eigenvalue weighted by Crippen LogP contribution is 2.40. The number of aryl methyl sites for hydroxylation is 2. The van der Waals surface area contributed by atoms with Crippen LogP contribution in [0.25, 0.3) is 0 Å². The highest BCUT2D eigenvalue weighted by atomic mass is 28.2. The Morgan fingerprint density at radius 2 is 1.83 bits per heavy atom. The van der Waals surface area contributed by atoms with Gasteiger partial charge in [-0.15, -0.1) is 0 Å². The molecule has 3 atom stereocenters. The number of hydrogen-bond donors (Lipinski definition) is 1. The number of anilines is 1. The molecule has 47 heavy (non-hydrogen) atoms. The van der Waals surface area contributed by atoms with E-state index < -0.39 is 12.0 Å². The zero-order valence-electron chi connectivity index (χ0n) is 28.0. The normalized spacial score (nSPS) is 19.0. The van der Waals surface area contributed by atoms with Crippen LogP contribution < -0.4 is 10.1 Å². The molecule has 12 heteroatoms. The second-order valence-corrected chi connectivity index (χ2v) is 14.6. The van der Waals surface area contributed by atoms with Gasteiger partial charge in [0.1, 0.15) is 26.9 Å². The van der Waals surface area contributed by atoms with Gasteiger partial charge in [-0.25, -0.2) is 9.97 Å². The van der Waals surface area contributed by atoms with E-state index in [4.69, 9.17) is 9.72 Å². The molecule has 3 aromatic heterocycles. The second-order valence-electron chi connectivity index (χ2n) is 12.8. The van der Waals surface area contributed by atoms with Crippen molar-refractivity contribution in [2.75, 3.05) is 39.0 Å². The van der Waals surface area contributed by atoms with Crippen LogP contribution in [0.15, 0.2) is 55.5 Å². The highest BCUT2D eigenvalue weighted by Gasteiger charge is 2.31. The van der Waals surface area contributed by atoms with Gasteiger partial charge in [-0.3, -0.25) is 19.4 Å². The first-order valence-electron chi connectivity index (χ1n) is 16.0. The maximum absolute atomic E-state index is 13.2. The van der Waals surface area contributed by atoms with Crippen LogP contribution in [0.4, 0.5) is 5.82 Å². The van der Waals surface area contributed by atoms with Crippen LogP contribution in [0.3, 0.4) is 0 Å². The van der Waals surface area contributed by atoms with E-state index in [1.54, 1.807) is 33.3 Å². The molecule has 2 radical (unpaired) electrons. The summed E-state index contributed by atoms with van der Waals surface area (Å²) < 4.78 is 8.96. The van der Waals surface area contributed by atoms with Gasteiger partial charge < -0.3 is 24.4 Å². The molecule has 0 bridgehead atoms. The number of nitrogens with one attached hydrogen (secondary N) is 1. The fourth-order valence-electron chi connectivity index (χ4n) is 5.77. The molecule has 1 saturated heterocycles. The van der Waals surface area contributed by atoms with Gasteiger partial charge in [0.25, 0.3) is 11.8 Å². The van der Waals surface area contributed by atoms with Crippen molar-refractivity contribution < 1.29 is 19.1 Å². The Bertz CT molecular complexity index is 1640. The summed E-state index contributed by atoms with van der Waals surface area (Å²) in [4.78, 5) is 55.1. The SMILES string of the molecule is C=CC(=O)N1C[C@H](C)[Si]N(C[C@@H](Oc2cnc(C(=O)Nc3ncc(C(=O)N(C)C)cc3C)c(C)c2)c2ccc(C3CC3)cn2)C[C@H]1C. The third-order valence-corrected chi connectivity index (χ3v) is 9.79. The lowest BCUT2D eigenvalue weighted by molar-refractivity contribution is -0.127. The van der Waals surface area contributed by atoms with Crippen LogP contribution in [0, 0.1) is 13.8 Å². The van der Waals surface area contributed by atoms with E-state index in [-0.39, 0.29) is 23.6 Å². The van der Waals surface area contributed by atoms with Gasteiger partial charge in [0, 0.05) is 52.2 Å². The van der Waals surface area contributed by atoms with E-state index >= 15 is 0 Å². The van der Waals surface area contributed by atoms with Crippen molar-refractivity contribution in [3.05, 3.63) is 89.2 Å². The number of carbonyl (C=O) groups excluding carboxylic acids is 3. The fourth-order valence-corrected chi connectivity index (χ4v) is 7.31. The smallest absolute Gasteiger partial charge is 0.275 e. The van der Waals surface area contributed by atoms with E-state index in [9.17, 15) is 14.4 Å². The van der Waals surface area contributed by atoms with Gasteiger partial charge in [0.05, 0.1) is 17.5 Å². The number of aromatic nitrogens is 3. The van der Waals surface area contributed by atoms with E-state index in [2.05, 4.69) is 52.4 Å². The molecule has 11 nitrogen and oxygen atoms in total. The quantitative estimate of drug-likeness (QED) is 0.249. The second kappa shape index (κ2) is 14.6. The summed E-state index contributed by atoms with van der Waals surface area (Å²) in [5.74, 6) is 0.875. The molecule has 2 aliphatic rings. The van der Waals surface area contributed by atoms with Gasteiger partial charge >= 0.3 is 0 Å². The van der Waals surface area contributed by atoms with E-state index in [1.807, 2.05) is 24.1 Å². The molecule has 1 saturated carbocycles. The Hall–Kier alpha value is -4.42. The summed E-state index contributed by atoms with van der Waals surface area (Å²) in [7, 11) is 3.86. The number of carbonyl (C=O) groups is 3. The third-order valence-electron chi connectivity index (χ3n) is 8.43. The first-order chi connectivity index (χ1) is 22.4. The zero-order chi connectivity index (χ0) is 33.8. The molecule has 2 fully saturated rings. The molecular weight excluding hydrogens is 611 g/mol. The number of rotatable bonds is 10. The topological polar surface area (TPSA) is 121 Å². The minimum atomic E-state index is -0.405. The number of nitrogens with zero attached hydrogens (tertiary/aromatic N) is 6. The maximum Gasteiger partial charge on any atom is 0.275 e. The molecule has 1 N–H and O–H groups in total. The molecule has 3 amide bonds. The van der Waals surface area contributed by atoms with Gasteiger partial charge in [-0.1, -0.05) is 19.6 Å². The summed E-state index contributed by atoms with van der Waals surface area (Å²) in [5.41, 5.74) is 4.37. The molecule has 246 valence electrons. The van der Waals surface area contributed by atoms with Crippen molar-refractivity contribution in [3.63, 3.8) is 0 Å². The molecule has 0 spiro atoms. The highest BCUT2D eigenvalue weighted by molar-refractivity contribution is 6.34. The van der Waals surface area contributed by atoms with Crippen molar-refractivity contribution in [1.82, 2.24) is 29.3 Å². The molecule has 1 aliphatic heterocycles. The Balaban J connectivity index is 1.33. The molecule has 5 rings (SSSR count). The average molecular weight is 654 g/mol. The lowest BCUT2D eigenvalue weighted by Gasteiger charge is -2.30. The number of hydrogen-bond acceptors (Lipinski definition) is 8. The first kappa shape index (κ1) is 33.9. The van der Waals surface area contributed by atoms with Gasteiger partial charge in [0.2, 0.25) is 5.91 Å². The average Bonchev–Trinajstić information content (AvgIpc) is 3.90. The van der Waals surface area contributed by atoms with Crippen molar-refractivity contribution in [2.45, 2.75) is 64.1 Å². The summed E-state index contributed by atoms with van der Waals surface area (Å²) in [6.45, 7) is 13.5. The monoisotopic (exact) mass is 653 g/mol. The predicted molar refractivity (Wildman–Crippen MR) is 182 cm³/mol. The van der Waals surface area contributed by atoms with Crippen molar-refractivity contribution >= 4 is 33.2 Å². The van der Waals surface area contributed by atoms with E-state index in [1.165, 1.54) is 35.6 Å². The standard InChI is InChI=1S/C35H43N7O4Si/c1-8-31(43)42-19-24(5)47-41(18-23(42)4)20-30(29-12-11-26(15-36-29)25-9-10-25)46-28-14-21(2)32(37-17-28)34(44)39-33-22(3)13-27(16-38-33)35(45)40(6)7/h8,11-17,23-25,30H,1,9-10,18-20H2,2-7H3,(H,38,39,44)/t23-,24+,30-/m1/s1. The van der Waals surface area contributed by atoms with E-state index in [0.29, 0.717) is 69.0 Å². The fraction of sp³-hybridized carbons (Fsp3) is 0.429. The Morgan fingerprint density at radius 3 is 2.45 bits per heavy atom. The zero-order valence-corrected chi connectivity index (χ0v) is 29.0. The number of pyridine rings is 3. The van der Waals surface area contributed by atoms with Crippen molar-refractivity contribution in [3.8, 4) is 5.75 Å². The summed E-state index contributed by atoms with van der Waals surface area (Å²) in [6.07, 6.45) is 8.37. The summed E-state index contributed by atoms with van der Waals surface area (Å²) >= 11 is 0. The maximum atomic E-state index is 13.2. The minimum absolute atomic E-state index is 0.0216. The Labute approximate surface area is 279 Å². The lowest BCUT2D eigenvalue weighted by atomic mass is 10.1. The van der Waals surface area contributed by atoms with Crippen LogP contribution in [0.1, 0.15) is 81.9 Å². The first-order valence-corrected chi connectivity index (χ1v) is 17.0. The summed E-state index contributed by atoms with van der Waals surface area (Å²) in [6, 6.07) is 7.73. The lowest BCUT2D eigenvalue weighted by Crippen LogP contribution is -2.43. The van der Waals surface area contributed by atoms with Crippen LogP contribution in [-0.2, 0) is 4.79 Å². The number of amides is 3. The molecule has 1 aliphatic carbocycles. The number of ether oxygens (including phenoxy) is 1. The van der Waals surface area contributed by atoms with Gasteiger partial charge in [-0.05, 0) is 86.0 Å². The third kappa shape index (κ3) is 8.30. The van der Waals surface area contributed by atoms with Crippen LogP contribution in [-0.4, -0.2) is 96.5 Å². The van der Waals surface area contributed by atoms with Gasteiger partial charge in [-0.2, -0.15) is 0 Å². The largest absolute Gasteiger partial charge is 0.481 e. The van der Waals surface area contributed by atoms with Crippen molar-refractivity contribution in [2.24, 2.45) is 0 Å². The molecular formula is C35H43N7O4Si. The molecule has 0 unspecified atom stereocenters. The van der Waals surface area contributed by atoms with Crippen molar-refractivity contribution in [1.29, 1.82) is 0 Å². The Morgan fingerprint density at radius 1 is 1.06 bits per heavy atom. The predicted octanol–water partition coefficient (Wildman–Crippen LogP) is 4.59. The molecule has 4 heterocycles. The molecule has 3 aromatic rings. The minimum Gasteiger partial charge on any atom is -0.481 e. The van der Waals surface area contributed by atoms with E-state index in [0.717, 1.165) is 5.69 Å². The Kier molecular flexibility index (Phi) is 10.5. The summed E-state index contributed by atoms with van der Waals surface area (Å²) in [5, 5.41) is 2.82. The van der Waals surface area contributed by atoms with Crippen LogP contribution in [0.2, 0.25) is 5.54 Å².